The van der Waals surface area contributed by atoms with E-state index in [4.69, 9.17) is 14.6 Å². The number of carbonyl (C=O) groups excluding carboxylic acids is 1. The molecule has 0 radical (unpaired) electrons. The summed E-state index contributed by atoms with van der Waals surface area (Å²) in [4.78, 5) is 26.9. The second kappa shape index (κ2) is 7.85. The molecular weight excluding hydrogens is 344 g/mol. The van der Waals surface area contributed by atoms with Crippen LogP contribution < -0.4 is 11.0 Å². The Morgan fingerprint density at radius 1 is 1.56 bits per heavy atom. The third-order valence-corrected chi connectivity index (χ3v) is 3.60. The summed E-state index contributed by atoms with van der Waals surface area (Å²) in [5.41, 5.74) is -1.12. The Kier molecular flexibility index (Phi) is 6.03. The fourth-order valence-electron chi connectivity index (χ4n) is 2.23. The standard InChI is InChI=1S/C14H19F2N3O6/c1-2-3-6-24-13(23)18-9-4-5-19(12(22)17-9)11-14(15,16)10(21)8(7-20)25-11/h4-5,8,10-11,20-21H,2-3,6-7H2,1H3,(H,17,18,22,23)/t8-,10?,11?/m1/s1. The number of nitrogens with one attached hydrogen (secondary N) is 1. The van der Waals surface area contributed by atoms with E-state index in [9.17, 15) is 23.5 Å². The van der Waals surface area contributed by atoms with Crippen molar-refractivity contribution in [3.63, 3.8) is 0 Å². The number of hydrogen-bond acceptors (Lipinski definition) is 7. The van der Waals surface area contributed by atoms with E-state index in [1.165, 1.54) is 0 Å². The van der Waals surface area contributed by atoms with Crippen LogP contribution in [0.5, 0.6) is 0 Å². The number of amides is 1. The lowest BCUT2D eigenvalue weighted by atomic mass is 10.1. The van der Waals surface area contributed by atoms with E-state index in [0.29, 0.717) is 11.0 Å². The fourth-order valence-corrected chi connectivity index (χ4v) is 2.23. The van der Waals surface area contributed by atoms with Crippen molar-refractivity contribution in [2.75, 3.05) is 18.5 Å². The van der Waals surface area contributed by atoms with E-state index in [-0.39, 0.29) is 12.4 Å². The topological polar surface area (TPSA) is 123 Å². The molecule has 0 spiro atoms. The Bertz CT molecular complexity index is 668. The number of alkyl halides is 2. The molecule has 1 fully saturated rings. The Morgan fingerprint density at radius 3 is 2.84 bits per heavy atom. The minimum Gasteiger partial charge on any atom is -0.449 e. The van der Waals surface area contributed by atoms with Crippen molar-refractivity contribution in [1.29, 1.82) is 0 Å². The number of hydrogen-bond donors (Lipinski definition) is 3. The second-order valence-corrected chi connectivity index (χ2v) is 5.45. The molecule has 0 aromatic carbocycles. The van der Waals surface area contributed by atoms with Crippen LogP contribution in [0, 0.1) is 0 Å². The molecule has 3 N–H and O–H groups in total. The molecule has 1 aliphatic rings. The monoisotopic (exact) mass is 363 g/mol. The Balaban J connectivity index is 2.12. The quantitative estimate of drug-likeness (QED) is 0.628. The SMILES string of the molecule is CCCCOC(=O)Nc1ccn(C2O[C@H](CO)C(O)C2(F)F)c(=O)n1. The molecule has 1 aromatic heterocycles. The first-order valence-electron chi connectivity index (χ1n) is 7.66. The average Bonchev–Trinajstić information content (AvgIpc) is 2.78. The zero-order chi connectivity index (χ0) is 18.6. The molecular formula is C14H19F2N3O6. The Labute approximate surface area is 141 Å². The third-order valence-electron chi connectivity index (χ3n) is 3.60. The first-order chi connectivity index (χ1) is 11.8. The molecule has 2 rings (SSSR count). The number of nitrogens with zero attached hydrogens (tertiary/aromatic N) is 2. The maximum absolute atomic E-state index is 14.0. The zero-order valence-corrected chi connectivity index (χ0v) is 13.4. The number of aromatic nitrogens is 2. The number of carbonyl (C=O) groups is 1. The zero-order valence-electron chi connectivity index (χ0n) is 13.4. The third kappa shape index (κ3) is 4.11. The number of halogens is 2. The van der Waals surface area contributed by atoms with Gasteiger partial charge in [0.15, 0.2) is 6.10 Å². The van der Waals surface area contributed by atoms with Crippen molar-refractivity contribution in [2.45, 2.75) is 44.1 Å². The van der Waals surface area contributed by atoms with Crippen LogP contribution in [-0.2, 0) is 9.47 Å². The fraction of sp³-hybridized carbons (Fsp3) is 0.643. The van der Waals surface area contributed by atoms with Crippen molar-refractivity contribution in [2.24, 2.45) is 0 Å². The minimum atomic E-state index is -3.80. The van der Waals surface area contributed by atoms with E-state index >= 15 is 0 Å². The van der Waals surface area contributed by atoms with Gasteiger partial charge in [0.2, 0.25) is 6.23 Å². The van der Waals surface area contributed by atoms with Crippen LogP contribution in [0.2, 0.25) is 0 Å². The molecule has 1 aliphatic heterocycles. The highest BCUT2D eigenvalue weighted by atomic mass is 19.3. The van der Waals surface area contributed by atoms with Crippen molar-refractivity contribution in [3.05, 3.63) is 22.7 Å². The van der Waals surface area contributed by atoms with Crippen molar-refractivity contribution >= 4 is 11.9 Å². The number of anilines is 1. The number of unbranched alkanes of at least 4 members (excludes halogenated alkanes) is 1. The molecule has 11 heteroatoms. The van der Waals surface area contributed by atoms with E-state index in [1.807, 2.05) is 6.92 Å². The van der Waals surface area contributed by atoms with Gasteiger partial charge in [-0.25, -0.2) is 9.59 Å². The highest BCUT2D eigenvalue weighted by Crippen LogP contribution is 2.41. The maximum atomic E-state index is 14.0. The van der Waals surface area contributed by atoms with Crippen LogP contribution in [0.4, 0.5) is 19.4 Å². The largest absolute Gasteiger partial charge is 0.449 e. The van der Waals surface area contributed by atoms with Gasteiger partial charge in [-0.3, -0.25) is 9.88 Å². The second-order valence-electron chi connectivity index (χ2n) is 5.45. The molecule has 140 valence electrons. The van der Waals surface area contributed by atoms with Crippen LogP contribution in [-0.4, -0.2) is 57.2 Å². The van der Waals surface area contributed by atoms with Crippen molar-refractivity contribution in [3.8, 4) is 0 Å². The van der Waals surface area contributed by atoms with Gasteiger partial charge in [-0.15, -0.1) is 0 Å². The summed E-state index contributed by atoms with van der Waals surface area (Å²) in [7, 11) is 0. The van der Waals surface area contributed by atoms with Crippen molar-refractivity contribution < 1.29 is 33.3 Å². The van der Waals surface area contributed by atoms with E-state index < -0.39 is 42.7 Å². The predicted octanol–water partition coefficient (Wildman–Crippen LogP) is 0.478. The summed E-state index contributed by atoms with van der Waals surface area (Å²) in [6.07, 6.45) is -4.29. The van der Waals surface area contributed by atoms with Crippen LogP contribution in [0.25, 0.3) is 0 Å². The summed E-state index contributed by atoms with van der Waals surface area (Å²) in [5, 5.41) is 20.6. The van der Waals surface area contributed by atoms with Gasteiger partial charge in [0.05, 0.1) is 13.2 Å². The lowest BCUT2D eigenvalue weighted by Crippen LogP contribution is -2.41. The average molecular weight is 363 g/mol. The molecule has 2 heterocycles. The lowest BCUT2D eigenvalue weighted by Gasteiger charge is -2.21. The first kappa shape index (κ1) is 19.2. The maximum Gasteiger partial charge on any atom is 0.412 e. The van der Waals surface area contributed by atoms with Gasteiger partial charge >= 0.3 is 17.7 Å². The van der Waals surface area contributed by atoms with Crippen molar-refractivity contribution in [1.82, 2.24) is 9.55 Å². The molecule has 3 atom stereocenters. The Morgan fingerprint density at radius 2 is 2.28 bits per heavy atom. The predicted molar refractivity (Wildman–Crippen MR) is 80.3 cm³/mol. The smallest absolute Gasteiger partial charge is 0.412 e. The summed E-state index contributed by atoms with van der Waals surface area (Å²) in [5.74, 6) is -3.98. The molecule has 1 aromatic rings. The summed E-state index contributed by atoms with van der Waals surface area (Å²) < 4.78 is 38.2. The number of aliphatic hydroxyl groups is 2. The summed E-state index contributed by atoms with van der Waals surface area (Å²) in [6, 6.07) is 1.11. The number of aliphatic hydroxyl groups excluding tert-OH is 2. The molecule has 1 amide bonds. The molecule has 0 bridgehead atoms. The number of ether oxygens (including phenoxy) is 2. The molecule has 9 nitrogen and oxygen atoms in total. The van der Waals surface area contributed by atoms with E-state index in [1.54, 1.807) is 0 Å². The number of rotatable bonds is 6. The Hall–Kier alpha value is -2.11. The van der Waals surface area contributed by atoms with Crippen LogP contribution in [0.15, 0.2) is 17.1 Å². The molecule has 0 saturated carbocycles. The molecule has 25 heavy (non-hydrogen) atoms. The minimum absolute atomic E-state index is 0.177. The first-order valence-corrected chi connectivity index (χ1v) is 7.66. The van der Waals surface area contributed by atoms with Gasteiger partial charge in [0, 0.05) is 6.20 Å². The van der Waals surface area contributed by atoms with Crippen LogP contribution >= 0.6 is 0 Å². The van der Waals surface area contributed by atoms with Gasteiger partial charge in [0.25, 0.3) is 0 Å². The van der Waals surface area contributed by atoms with Gasteiger partial charge in [-0.2, -0.15) is 13.8 Å². The molecule has 1 saturated heterocycles. The molecule has 0 aliphatic carbocycles. The van der Waals surface area contributed by atoms with Gasteiger partial charge in [0.1, 0.15) is 11.9 Å². The lowest BCUT2D eigenvalue weighted by molar-refractivity contribution is -0.140. The highest BCUT2D eigenvalue weighted by Gasteiger charge is 2.59. The van der Waals surface area contributed by atoms with E-state index in [0.717, 1.165) is 18.7 Å². The van der Waals surface area contributed by atoms with Gasteiger partial charge in [-0.1, -0.05) is 13.3 Å². The van der Waals surface area contributed by atoms with Crippen LogP contribution in [0.3, 0.4) is 0 Å². The van der Waals surface area contributed by atoms with E-state index in [2.05, 4.69) is 10.3 Å². The summed E-state index contributed by atoms with van der Waals surface area (Å²) >= 11 is 0. The normalized spacial score (nSPS) is 24.9. The molecule has 2 unspecified atom stereocenters. The van der Waals surface area contributed by atoms with Gasteiger partial charge in [-0.05, 0) is 12.5 Å². The highest BCUT2D eigenvalue weighted by molar-refractivity contribution is 5.83. The van der Waals surface area contributed by atoms with Gasteiger partial charge < -0.3 is 19.7 Å². The van der Waals surface area contributed by atoms with Crippen LogP contribution in [0.1, 0.15) is 26.0 Å². The summed E-state index contributed by atoms with van der Waals surface area (Å²) in [6.45, 7) is 1.28.